The van der Waals surface area contributed by atoms with E-state index in [1.54, 1.807) is 6.20 Å². The first-order valence-electron chi connectivity index (χ1n) is 6.57. The largest absolute Gasteiger partial charge is 0.360 e. The van der Waals surface area contributed by atoms with Crippen LogP contribution in [0.2, 0.25) is 0 Å². The third kappa shape index (κ3) is 2.84. The van der Waals surface area contributed by atoms with E-state index in [0.29, 0.717) is 0 Å². The van der Waals surface area contributed by atoms with Crippen LogP contribution in [0.1, 0.15) is 5.69 Å². The number of aromatic nitrogens is 1. The monoisotopic (exact) mass is 282 g/mol. The second kappa shape index (κ2) is 5.62. The zero-order valence-electron chi connectivity index (χ0n) is 11.3. The van der Waals surface area contributed by atoms with Crippen LogP contribution in [0, 0.1) is 0 Å². The van der Waals surface area contributed by atoms with Gasteiger partial charge in [0.05, 0.1) is 11.9 Å². The lowest BCUT2D eigenvalue weighted by molar-refractivity contribution is -0.138. The summed E-state index contributed by atoms with van der Waals surface area (Å²) in [6.45, 7) is -0.0458. The summed E-state index contributed by atoms with van der Waals surface area (Å²) in [6.07, 6.45) is 3.30. The van der Waals surface area contributed by atoms with E-state index in [-0.39, 0.29) is 24.9 Å². The highest BCUT2D eigenvalue weighted by Crippen LogP contribution is 2.17. The fourth-order valence-corrected chi connectivity index (χ4v) is 2.11. The number of piperazine rings is 1. The van der Waals surface area contributed by atoms with Crippen LogP contribution < -0.4 is 4.90 Å². The summed E-state index contributed by atoms with van der Waals surface area (Å²) in [5.74, 6) is -0.356. The molecule has 1 saturated heterocycles. The fraction of sp³-hybridized carbons (Fsp3) is 0.133. The molecule has 106 valence electrons. The number of aromatic amines is 1. The maximum Gasteiger partial charge on any atom is 0.263 e. The van der Waals surface area contributed by atoms with E-state index in [1.165, 1.54) is 16.1 Å². The molecule has 1 aliphatic heterocycles. The van der Waals surface area contributed by atoms with Crippen molar-refractivity contribution in [3.8, 4) is 0 Å². The van der Waals surface area contributed by atoms with Crippen molar-refractivity contribution >= 4 is 23.7 Å². The Balaban J connectivity index is 1.73. The van der Waals surface area contributed by atoms with Gasteiger partial charge in [-0.05, 0) is 24.3 Å². The van der Waals surface area contributed by atoms with Crippen molar-refractivity contribution in [3.63, 3.8) is 0 Å². The number of para-hydroxylation sites is 1. The van der Waals surface area contributed by atoms with Gasteiger partial charge in [-0.25, -0.2) is 5.01 Å². The second-order valence-corrected chi connectivity index (χ2v) is 4.64. The van der Waals surface area contributed by atoms with Crippen LogP contribution in [-0.2, 0) is 9.59 Å². The first kappa shape index (κ1) is 13.1. The molecule has 1 fully saturated rings. The molecule has 0 aliphatic carbocycles. The normalized spacial score (nSPS) is 16.0. The molecule has 1 aliphatic rings. The highest BCUT2D eigenvalue weighted by atomic mass is 16.2. The molecule has 2 aromatic rings. The van der Waals surface area contributed by atoms with Gasteiger partial charge in [-0.3, -0.25) is 9.59 Å². The Bertz CT molecular complexity index is 664. The molecule has 0 bridgehead atoms. The van der Waals surface area contributed by atoms with Gasteiger partial charge in [-0.1, -0.05) is 18.2 Å². The van der Waals surface area contributed by atoms with E-state index in [9.17, 15) is 9.59 Å². The van der Waals surface area contributed by atoms with E-state index in [2.05, 4.69) is 10.1 Å². The molecule has 1 aromatic carbocycles. The molecule has 0 unspecified atom stereocenters. The van der Waals surface area contributed by atoms with E-state index < -0.39 is 0 Å². The number of hydrazone groups is 1. The highest BCUT2D eigenvalue weighted by molar-refractivity contribution is 6.04. The van der Waals surface area contributed by atoms with Crippen molar-refractivity contribution in [2.24, 2.45) is 5.10 Å². The predicted molar refractivity (Wildman–Crippen MR) is 78.9 cm³/mol. The number of anilines is 1. The summed E-state index contributed by atoms with van der Waals surface area (Å²) in [5.41, 5.74) is 1.50. The third-order valence-electron chi connectivity index (χ3n) is 3.19. The van der Waals surface area contributed by atoms with Gasteiger partial charge in [-0.2, -0.15) is 5.10 Å². The molecule has 6 nitrogen and oxygen atoms in total. The molecule has 1 aromatic heterocycles. The summed E-state index contributed by atoms with van der Waals surface area (Å²) in [7, 11) is 0. The van der Waals surface area contributed by atoms with Gasteiger partial charge in [0.2, 0.25) is 5.91 Å². The summed E-state index contributed by atoms with van der Waals surface area (Å²) >= 11 is 0. The summed E-state index contributed by atoms with van der Waals surface area (Å²) in [6, 6.07) is 12.8. The molecule has 3 rings (SSSR count). The number of nitrogens with one attached hydrogen (secondary N) is 1. The average Bonchev–Trinajstić information content (AvgIpc) is 3.02. The number of carbonyl (C=O) groups excluding carboxylic acids is 2. The van der Waals surface area contributed by atoms with Crippen LogP contribution in [0.4, 0.5) is 5.69 Å². The highest BCUT2D eigenvalue weighted by Gasteiger charge is 2.30. The second-order valence-electron chi connectivity index (χ2n) is 4.64. The Morgan fingerprint density at radius 2 is 1.81 bits per heavy atom. The number of H-pyrrole nitrogens is 1. The van der Waals surface area contributed by atoms with E-state index >= 15 is 0 Å². The molecule has 0 atom stereocenters. The molecule has 2 amide bonds. The van der Waals surface area contributed by atoms with E-state index in [4.69, 9.17) is 0 Å². The summed E-state index contributed by atoms with van der Waals surface area (Å²) in [5, 5.41) is 5.26. The zero-order chi connectivity index (χ0) is 14.7. The van der Waals surface area contributed by atoms with Crippen molar-refractivity contribution in [2.45, 2.75) is 0 Å². The lowest BCUT2D eigenvalue weighted by atomic mass is 10.2. The Kier molecular flexibility index (Phi) is 3.51. The maximum atomic E-state index is 12.2. The first-order chi connectivity index (χ1) is 10.2. The number of benzene rings is 1. The molecule has 2 heterocycles. The van der Waals surface area contributed by atoms with Crippen molar-refractivity contribution in [1.82, 2.24) is 9.99 Å². The lowest BCUT2D eigenvalue weighted by Crippen LogP contribution is -2.52. The Hall–Kier alpha value is -2.89. The quantitative estimate of drug-likeness (QED) is 0.860. The number of carbonyl (C=O) groups is 2. The van der Waals surface area contributed by atoms with E-state index in [0.717, 1.165) is 11.4 Å². The Morgan fingerprint density at radius 1 is 1.00 bits per heavy atom. The minimum absolute atomic E-state index is 0.00487. The van der Waals surface area contributed by atoms with E-state index in [1.807, 2.05) is 42.5 Å². The van der Waals surface area contributed by atoms with Crippen molar-refractivity contribution in [3.05, 3.63) is 54.4 Å². The minimum Gasteiger partial charge on any atom is -0.360 e. The summed E-state index contributed by atoms with van der Waals surface area (Å²) < 4.78 is 0. The van der Waals surface area contributed by atoms with Crippen molar-refractivity contribution in [2.75, 3.05) is 18.0 Å². The predicted octanol–water partition coefficient (Wildman–Crippen LogP) is 1.22. The summed E-state index contributed by atoms with van der Waals surface area (Å²) in [4.78, 5) is 28.7. The molecule has 1 N–H and O–H groups in total. The molecular formula is C15H14N4O2. The SMILES string of the molecule is O=C1CN(c2ccccc2)C(=O)CN1/N=C\c1ccc[nH]1. The van der Waals surface area contributed by atoms with Gasteiger partial charge in [0.15, 0.2) is 0 Å². The molecule has 6 heteroatoms. The van der Waals surface area contributed by atoms with Crippen LogP contribution in [0.15, 0.2) is 53.8 Å². The van der Waals surface area contributed by atoms with Crippen LogP contribution >= 0.6 is 0 Å². The van der Waals surface area contributed by atoms with Crippen LogP contribution in [0.25, 0.3) is 0 Å². The number of rotatable bonds is 3. The standard InChI is InChI=1S/C15H14N4O2/c20-14-11-19(17-9-12-5-4-8-16-12)15(21)10-18(14)13-6-2-1-3-7-13/h1-9,16H,10-11H2/b17-9-. The number of hydrogen-bond acceptors (Lipinski definition) is 3. The molecule has 0 saturated carbocycles. The lowest BCUT2D eigenvalue weighted by Gasteiger charge is -2.31. The van der Waals surface area contributed by atoms with Gasteiger partial charge in [0, 0.05) is 11.9 Å². The Morgan fingerprint density at radius 3 is 2.52 bits per heavy atom. The van der Waals surface area contributed by atoms with Crippen LogP contribution in [-0.4, -0.2) is 41.1 Å². The number of nitrogens with zero attached hydrogens (tertiary/aromatic N) is 3. The smallest absolute Gasteiger partial charge is 0.263 e. The first-order valence-corrected chi connectivity index (χ1v) is 6.57. The minimum atomic E-state index is -0.207. The van der Waals surface area contributed by atoms with Crippen molar-refractivity contribution in [1.29, 1.82) is 0 Å². The van der Waals surface area contributed by atoms with Gasteiger partial charge in [0.1, 0.15) is 13.1 Å². The van der Waals surface area contributed by atoms with Crippen LogP contribution in [0.3, 0.4) is 0 Å². The number of amides is 2. The van der Waals surface area contributed by atoms with Gasteiger partial charge in [-0.15, -0.1) is 0 Å². The van der Waals surface area contributed by atoms with Crippen LogP contribution in [0.5, 0.6) is 0 Å². The maximum absolute atomic E-state index is 12.2. The zero-order valence-corrected chi connectivity index (χ0v) is 11.3. The molecule has 0 spiro atoms. The average molecular weight is 282 g/mol. The van der Waals surface area contributed by atoms with Gasteiger partial charge < -0.3 is 9.88 Å². The van der Waals surface area contributed by atoms with Crippen molar-refractivity contribution < 1.29 is 9.59 Å². The van der Waals surface area contributed by atoms with Gasteiger partial charge >= 0.3 is 0 Å². The third-order valence-corrected chi connectivity index (χ3v) is 3.19. The molecular weight excluding hydrogens is 268 g/mol. The van der Waals surface area contributed by atoms with Gasteiger partial charge in [0.25, 0.3) is 5.91 Å². The Labute approximate surface area is 121 Å². The topological polar surface area (TPSA) is 68.8 Å². The molecule has 0 radical (unpaired) electrons. The fourth-order valence-electron chi connectivity index (χ4n) is 2.11. The number of hydrogen-bond donors (Lipinski definition) is 1. The molecule has 21 heavy (non-hydrogen) atoms.